The van der Waals surface area contributed by atoms with E-state index in [0.717, 1.165) is 10.2 Å². The molecule has 2 N–H and O–H groups in total. The molecule has 3 aromatic rings. The zero-order chi connectivity index (χ0) is 18.0. The van der Waals surface area contributed by atoms with E-state index >= 15 is 0 Å². The molecule has 0 saturated carbocycles. The Morgan fingerprint density at radius 3 is 2.44 bits per heavy atom. The van der Waals surface area contributed by atoms with E-state index in [9.17, 15) is 13.2 Å². The van der Waals surface area contributed by atoms with Crippen LogP contribution >= 0.6 is 11.3 Å². The van der Waals surface area contributed by atoms with E-state index in [4.69, 9.17) is 0 Å². The minimum Gasteiger partial charge on any atom is -0.322 e. The van der Waals surface area contributed by atoms with Gasteiger partial charge in [-0.05, 0) is 56.3 Å². The van der Waals surface area contributed by atoms with Gasteiger partial charge < -0.3 is 5.32 Å². The number of aromatic nitrogens is 1. The van der Waals surface area contributed by atoms with Crippen LogP contribution in [0.4, 0.5) is 11.4 Å². The molecule has 130 valence electrons. The van der Waals surface area contributed by atoms with E-state index in [1.54, 1.807) is 43.6 Å². The van der Waals surface area contributed by atoms with Gasteiger partial charge in [0.2, 0.25) is 10.0 Å². The van der Waals surface area contributed by atoms with Crippen LogP contribution in [0.2, 0.25) is 0 Å². The van der Waals surface area contributed by atoms with Gasteiger partial charge in [-0.1, -0.05) is 0 Å². The summed E-state index contributed by atoms with van der Waals surface area (Å²) in [5, 5.41) is 2.28. The van der Waals surface area contributed by atoms with E-state index in [1.807, 2.05) is 18.2 Å². The van der Waals surface area contributed by atoms with Crippen molar-refractivity contribution in [2.45, 2.75) is 19.1 Å². The molecule has 0 saturated heterocycles. The SMILES string of the molecule is CC(C)S(=O)(=O)Nc1ccc(C(=O)Nc2ccc3scnc3c2)cc1. The van der Waals surface area contributed by atoms with Gasteiger partial charge >= 0.3 is 0 Å². The maximum atomic E-state index is 12.3. The third kappa shape index (κ3) is 3.97. The summed E-state index contributed by atoms with van der Waals surface area (Å²) in [5.41, 5.74) is 4.11. The van der Waals surface area contributed by atoms with Gasteiger partial charge in [0.25, 0.3) is 5.91 Å². The number of anilines is 2. The molecule has 0 bridgehead atoms. The number of carbonyl (C=O) groups excluding carboxylic acids is 1. The Bertz CT molecular complexity index is 1010. The van der Waals surface area contributed by atoms with Crippen molar-refractivity contribution in [2.24, 2.45) is 0 Å². The molecule has 0 unspecified atom stereocenters. The zero-order valence-electron chi connectivity index (χ0n) is 13.7. The van der Waals surface area contributed by atoms with Crippen molar-refractivity contribution < 1.29 is 13.2 Å². The number of hydrogen-bond donors (Lipinski definition) is 2. The minimum absolute atomic E-state index is 0.271. The Balaban J connectivity index is 1.72. The highest BCUT2D eigenvalue weighted by Crippen LogP contribution is 2.22. The quantitative estimate of drug-likeness (QED) is 0.712. The van der Waals surface area contributed by atoms with Crippen LogP contribution in [-0.2, 0) is 10.0 Å². The first-order valence-corrected chi connectivity index (χ1v) is 10.0. The fourth-order valence-electron chi connectivity index (χ4n) is 2.11. The summed E-state index contributed by atoms with van der Waals surface area (Å²) in [6, 6.07) is 11.8. The van der Waals surface area contributed by atoms with Crippen LogP contribution < -0.4 is 10.0 Å². The lowest BCUT2D eigenvalue weighted by Crippen LogP contribution is -2.22. The highest BCUT2D eigenvalue weighted by atomic mass is 32.2. The average Bonchev–Trinajstić information content (AvgIpc) is 3.02. The van der Waals surface area contributed by atoms with Crippen molar-refractivity contribution in [3.8, 4) is 0 Å². The summed E-state index contributed by atoms with van der Waals surface area (Å²) < 4.78 is 27.2. The van der Waals surface area contributed by atoms with E-state index in [2.05, 4.69) is 15.0 Å². The van der Waals surface area contributed by atoms with E-state index in [0.29, 0.717) is 16.9 Å². The molecule has 1 amide bonds. The second kappa shape index (κ2) is 6.81. The predicted molar refractivity (Wildman–Crippen MR) is 102 cm³/mol. The summed E-state index contributed by atoms with van der Waals surface area (Å²) in [4.78, 5) is 16.5. The Morgan fingerprint density at radius 1 is 1.08 bits per heavy atom. The van der Waals surface area contributed by atoms with Crippen LogP contribution in [-0.4, -0.2) is 24.6 Å². The second-order valence-corrected chi connectivity index (χ2v) is 8.89. The molecule has 8 heteroatoms. The molecule has 0 aliphatic heterocycles. The molecule has 0 spiro atoms. The highest BCUT2D eigenvalue weighted by molar-refractivity contribution is 7.93. The fraction of sp³-hybridized carbons (Fsp3) is 0.176. The number of rotatable bonds is 5. The Kier molecular flexibility index (Phi) is 4.73. The highest BCUT2D eigenvalue weighted by Gasteiger charge is 2.15. The Morgan fingerprint density at radius 2 is 1.76 bits per heavy atom. The monoisotopic (exact) mass is 375 g/mol. The Labute approximate surface area is 150 Å². The third-order valence-electron chi connectivity index (χ3n) is 3.62. The summed E-state index contributed by atoms with van der Waals surface area (Å²) >= 11 is 1.54. The van der Waals surface area contributed by atoms with Gasteiger partial charge in [-0.2, -0.15) is 0 Å². The van der Waals surface area contributed by atoms with Crippen LogP contribution in [0, 0.1) is 0 Å². The van der Waals surface area contributed by atoms with Crippen molar-refractivity contribution >= 4 is 48.9 Å². The molecule has 6 nitrogen and oxygen atoms in total. The maximum Gasteiger partial charge on any atom is 0.255 e. The molecule has 2 aromatic carbocycles. The number of carbonyl (C=O) groups is 1. The first-order chi connectivity index (χ1) is 11.8. The van der Waals surface area contributed by atoms with Crippen LogP contribution in [0.1, 0.15) is 24.2 Å². The molecular weight excluding hydrogens is 358 g/mol. The smallest absolute Gasteiger partial charge is 0.255 e. The first-order valence-electron chi connectivity index (χ1n) is 7.61. The number of hydrogen-bond acceptors (Lipinski definition) is 5. The number of nitrogens with one attached hydrogen (secondary N) is 2. The standard InChI is InChI=1S/C17H17N3O3S2/c1-11(2)25(22,23)20-13-5-3-12(4-6-13)17(21)19-14-7-8-16-15(9-14)18-10-24-16/h3-11,20H,1-2H3,(H,19,21). The maximum absolute atomic E-state index is 12.3. The van der Waals surface area contributed by atoms with Gasteiger partial charge in [-0.25, -0.2) is 13.4 Å². The summed E-state index contributed by atoms with van der Waals surface area (Å²) in [6.45, 7) is 3.20. The van der Waals surface area contributed by atoms with Gasteiger partial charge in [-0.3, -0.25) is 9.52 Å². The van der Waals surface area contributed by atoms with Crippen molar-refractivity contribution in [3.63, 3.8) is 0 Å². The van der Waals surface area contributed by atoms with Gasteiger partial charge in [0.05, 0.1) is 21.0 Å². The van der Waals surface area contributed by atoms with Crippen molar-refractivity contribution in [2.75, 3.05) is 10.0 Å². The van der Waals surface area contributed by atoms with E-state index in [-0.39, 0.29) is 5.91 Å². The van der Waals surface area contributed by atoms with E-state index in [1.165, 1.54) is 11.3 Å². The summed E-state index contributed by atoms with van der Waals surface area (Å²) in [5.74, 6) is -0.271. The molecular formula is C17H17N3O3S2. The number of sulfonamides is 1. The predicted octanol–water partition coefficient (Wildman–Crippen LogP) is 3.70. The minimum atomic E-state index is -3.40. The van der Waals surface area contributed by atoms with Crippen molar-refractivity contribution in [3.05, 3.63) is 53.5 Å². The molecule has 0 fully saturated rings. The summed E-state index contributed by atoms with van der Waals surface area (Å²) in [7, 11) is -3.40. The van der Waals surface area contributed by atoms with Gasteiger partial charge in [-0.15, -0.1) is 11.3 Å². The average molecular weight is 375 g/mol. The lowest BCUT2D eigenvalue weighted by Gasteiger charge is -2.11. The number of nitrogens with zero attached hydrogens (tertiary/aromatic N) is 1. The largest absolute Gasteiger partial charge is 0.322 e. The molecule has 25 heavy (non-hydrogen) atoms. The van der Waals surface area contributed by atoms with Crippen LogP contribution in [0.5, 0.6) is 0 Å². The summed E-state index contributed by atoms with van der Waals surface area (Å²) in [6.07, 6.45) is 0. The number of thiazole rings is 1. The fourth-order valence-corrected chi connectivity index (χ4v) is 3.47. The van der Waals surface area contributed by atoms with Crippen molar-refractivity contribution in [1.29, 1.82) is 0 Å². The molecule has 0 aliphatic rings. The van der Waals surface area contributed by atoms with Crippen LogP contribution in [0.25, 0.3) is 10.2 Å². The van der Waals surface area contributed by atoms with Gasteiger partial charge in [0, 0.05) is 16.9 Å². The molecule has 0 atom stereocenters. The number of benzene rings is 2. The molecule has 1 heterocycles. The second-order valence-electron chi connectivity index (χ2n) is 5.76. The topological polar surface area (TPSA) is 88.2 Å². The number of amides is 1. The van der Waals surface area contributed by atoms with Crippen molar-refractivity contribution in [1.82, 2.24) is 4.98 Å². The van der Waals surface area contributed by atoms with Crippen LogP contribution in [0.3, 0.4) is 0 Å². The normalized spacial score (nSPS) is 11.6. The molecule has 0 aliphatic carbocycles. The zero-order valence-corrected chi connectivity index (χ0v) is 15.3. The number of fused-ring (bicyclic) bond motifs is 1. The molecule has 1 aromatic heterocycles. The Hall–Kier alpha value is -2.45. The lowest BCUT2D eigenvalue weighted by atomic mass is 10.2. The van der Waals surface area contributed by atoms with E-state index < -0.39 is 15.3 Å². The van der Waals surface area contributed by atoms with Gasteiger partial charge in [0.15, 0.2) is 0 Å². The first kappa shape index (κ1) is 17.4. The van der Waals surface area contributed by atoms with Gasteiger partial charge in [0.1, 0.15) is 0 Å². The van der Waals surface area contributed by atoms with Crippen LogP contribution in [0.15, 0.2) is 48.0 Å². The lowest BCUT2D eigenvalue weighted by molar-refractivity contribution is 0.102. The molecule has 0 radical (unpaired) electrons. The third-order valence-corrected chi connectivity index (χ3v) is 6.19. The molecule has 3 rings (SSSR count).